The van der Waals surface area contributed by atoms with Crippen LogP contribution >= 0.6 is 0 Å². The molecule has 28 heavy (non-hydrogen) atoms. The molecular weight excluding hydrogens is 354 g/mol. The molecule has 0 saturated heterocycles. The molecule has 3 aromatic carbocycles. The van der Waals surface area contributed by atoms with Crippen LogP contribution in [0, 0.1) is 0 Å². The van der Waals surface area contributed by atoms with Gasteiger partial charge >= 0.3 is 0 Å². The monoisotopic (exact) mass is 371 g/mol. The van der Waals surface area contributed by atoms with Gasteiger partial charge in [0, 0.05) is 5.56 Å². The molecule has 0 atom stereocenters. The fourth-order valence-electron chi connectivity index (χ4n) is 2.77. The van der Waals surface area contributed by atoms with Gasteiger partial charge in [0.1, 0.15) is 17.3 Å². The third-order valence-electron chi connectivity index (χ3n) is 4.13. The van der Waals surface area contributed by atoms with Gasteiger partial charge in [-0.1, -0.05) is 36.4 Å². The van der Waals surface area contributed by atoms with Gasteiger partial charge in [0.15, 0.2) is 0 Å². The van der Waals surface area contributed by atoms with Crippen LogP contribution in [0.25, 0.3) is 0 Å². The molecule has 6 heteroatoms. The first kappa shape index (κ1) is 17.5. The second-order valence-electron chi connectivity index (χ2n) is 6.16. The first-order valence-electron chi connectivity index (χ1n) is 8.79. The van der Waals surface area contributed by atoms with Crippen LogP contribution in [0.3, 0.4) is 0 Å². The molecule has 0 saturated carbocycles. The number of carbonyl (C=O) groups is 2. The average molecular weight is 371 g/mol. The molecule has 1 aliphatic heterocycles. The molecule has 4 rings (SSSR count). The summed E-state index contributed by atoms with van der Waals surface area (Å²) in [4.78, 5) is 24.5. The van der Waals surface area contributed by atoms with Gasteiger partial charge in [0.05, 0.1) is 12.1 Å². The number of carbonyl (C=O) groups excluding carboxylic acids is 2. The third kappa shape index (κ3) is 3.91. The fraction of sp³-hybridized carbons (Fsp3) is 0.0455. The molecule has 1 aliphatic rings. The van der Waals surface area contributed by atoms with E-state index in [-0.39, 0.29) is 18.2 Å². The van der Waals surface area contributed by atoms with Crippen LogP contribution in [-0.4, -0.2) is 17.6 Å². The van der Waals surface area contributed by atoms with Crippen molar-refractivity contribution < 1.29 is 14.3 Å². The number of hydrogen-bond donors (Lipinski definition) is 1. The summed E-state index contributed by atoms with van der Waals surface area (Å²) in [5.41, 5.74) is 1.12. The minimum Gasteiger partial charge on any atom is -0.457 e. The Labute approximate surface area is 162 Å². The van der Waals surface area contributed by atoms with Crippen LogP contribution < -0.4 is 15.1 Å². The van der Waals surface area contributed by atoms with Gasteiger partial charge < -0.3 is 10.1 Å². The van der Waals surface area contributed by atoms with Crippen molar-refractivity contribution in [3.05, 3.63) is 90.5 Å². The molecule has 0 bridgehead atoms. The second-order valence-corrected chi connectivity index (χ2v) is 6.16. The van der Waals surface area contributed by atoms with E-state index >= 15 is 0 Å². The number of nitrogens with zero attached hydrogens (tertiary/aromatic N) is 2. The summed E-state index contributed by atoms with van der Waals surface area (Å²) < 4.78 is 5.75. The largest absolute Gasteiger partial charge is 0.457 e. The van der Waals surface area contributed by atoms with Crippen molar-refractivity contribution in [3.63, 3.8) is 0 Å². The highest BCUT2D eigenvalue weighted by molar-refractivity contribution is 6.17. The number of amides is 2. The smallest absolute Gasteiger partial charge is 0.256 e. The van der Waals surface area contributed by atoms with E-state index in [0.29, 0.717) is 22.8 Å². The minimum atomic E-state index is -0.291. The quantitative estimate of drug-likeness (QED) is 0.755. The van der Waals surface area contributed by atoms with Crippen LogP contribution in [-0.2, 0) is 4.79 Å². The van der Waals surface area contributed by atoms with E-state index in [0.717, 1.165) is 5.75 Å². The van der Waals surface area contributed by atoms with Gasteiger partial charge in [-0.15, -0.1) is 0 Å². The highest BCUT2D eigenvalue weighted by Crippen LogP contribution is 2.26. The second kappa shape index (κ2) is 7.75. The lowest BCUT2D eigenvalue weighted by atomic mass is 10.2. The summed E-state index contributed by atoms with van der Waals surface area (Å²) >= 11 is 0. The van der Waals surface area contributed by atoms with Crippen molar-refractivity contribution in [1.82, 2.24) is 5.32 Å². The molecule has 1 heterocycles. The van der Waals surface area contributed by atoms with Crippen LogP contribution in [0.5, 0.6) is 11.5 Å². The Morgan fingerprint density at radius 1 is 0.857 bits per heavy atom. The Morgan fingerprint density at radius 2 is 1.46 bits per heavy atom. The number of hydrogen-bond acceptors (Lipinski definition) is 4. The number of rotatable bonds is 4. The van der Waals surface area contributed by atoms with Crippen LogP contribution in [0.15, 0.2) is 90.0 Å². The predicted octanol–water partition coefficient (Wildman–Crippen LogP) is 3.96. The van der Waals surface area contributed by atoms with Gasteiger partial charge in [-0.25, -0.2) is 0 Å². The molecule has 1 N–H and O–H groups in total. The third-order valence-corrected chi connectivity index (χ3v) is 4.13. The molecule has 2 amide bonds. The van der Waals surface area contributed by atoms with Gasteiger partial charge in [0.2, 0.25) is 0 Å². The summed E-state index contributed by atoms with van der Waals surface area (Å²) in [6.45, 7) is 0. The van der Waals surface area contributed by atoms with Crippen molar-refractivity contribution in [2.24, 2.45) is 5.10 Å². The molecule has 3 aromatic rings. The van der Waals surface area contributed by atoms with E-state index in [4.69, 9.17) is 4.74 Å². The maximum atomic E-state index is 12.3. The van der Waals surface area contributed by atoms with Crippen molar-refractivity contribution >= 4 is 23.3 Å². The van der Waals surface area contributed by atoms with Crippen molar-refractivity contribution in [2.45, 2.75) is 6.42 Å². The van der Waals surface area contributed by atoms with Crippen molar-refractivity contribution in [3.8, 4) is 11.5 Å². The van der Waals surface area contributed by atoms with Crippen LogP contribution in [0.4, 0.5) is 5.69 Å². The van der Waals surface area contributed by atoms with Crippen LogP contribution in [0.1, 0.15) is 16.8 Å². The van der Waals surface area contributed by atoms with E-state index < -0.39 is 0 Å². The van der Waals surface area contributed by atoms with Gasteiger partial charge in [0.25, 0.3) is 11.8 Å². The highest BCUT2D eigenvalue weighted by Gasteiger charge is 2.26. The maximum absolute atomic E-state index is 12.3. The molecule has 6 nitrogen and oxygen atoms in total. The molecule has 0 radical (unpaired) electrons. The summed E-state index contributed by atoms with van der Waals surface area (Å²) in [5, 5.41) is 8.22. The minimum absolute atomic E-state index is 0.0425. The first-order chi connectivity index (χ1) is 13.7. The predicted molar refractivity (Wildman–Crippen MR) is 106 cm³/mol. The highest BCUT2D eigenvalue weighted by atomic mass is 16.5. The molecule has 0 unspecified atom stereocenters. The number of para-hydroxylation sites is 1. The zero-order valence-corrected chi connectivity index (χ0v) is 14.9. The molecule has 0 aromatic heterocycles. The number of nitrogens with one attached hydrogen (secondary N) is 1. The van der Waals surface area contributed by atoms with E-state index in [9.17, 15) is 9.59 Å². The van der Waals surface area contributed by atoms with E-state index in [2.05, 4.69) is 10.4 Å². The van der Waals surface area contributed by atoms with Gasteiger partial charge in [-0.3, -0.25) is 9.59 Å². The molecule has 0 aliphatic carbocycles. The van der Waals surface area contributed by atoms with Crippen molar-refractivity contribution in [2.75, 3.05) is 5.01 Å². The van der Waals surface area contributed by atoms with E-state index in [1.165, 1.54) is 5.01 Å². The maximum Gasteiger partial charge on any atom is 0.256 e. The Hall–Kier alpha value is -3.93. The lowest BCUT2D eigenvalue weighted by Crippen LogP contribution is -2.29. The molecule has 0 fully saturated rings. The standard InChI is InChI=1S/C22H17N3O3/c26-21-15-20(23-22(27)16-7-3-1-4-8-16)24-25(21)17-11-13-19(14-12-17)28-18-9-5-2-6-10-18/h1-14H,15H2,(H,23,24,27). The fourth-order valence-corrected chi connectivity index (χ4v) is 2.77. The Morgan fingerprint density at radius 3 is 2.14 bits per heavy atom. The first-order valence-corrected chi connectivity index (χ1v) is 8.79. The number of hydrazone groups is 1. The lowest BCUT2D eigenvalue weighted by molar-refractivity contribution is -0.116. The summed E-state index contributed by atoms with van der Waals surface area (Å²) in [6, 6.07) is 25.3. The summed E-state index contributed by atoms with van der Waals surface area (Å²) in [6.07, 6.45) is 0.0425. The Balaban J connectivity index is 1.45. The number of amidine groups is 1. The zero-order valence-electron chi connectivity index (χ0n) is 14.9. The Kier molecular flexibility index (Phi) is 4.84. The molecule has 0 spiro atoms. The average Bonchev–Trinajstić information content (AvgIpc) is 3.10. The van der Waals surface area contributed by atoms with Crippen molar-refractivity contribution in [1.29, 1.82) is 0 Å². The zero-order chi connectivity index (χ0) is 19.3. The van der Waals surface area contributed by atoms with E-state index in [1.54, 1.807) is 48.5 Å². The SMILES string of the molecule is O=C(NC1=NN(c2ccc(Oc3ccccc3)cc2)C(=O)C1)c1ccccc1. The van der Waals surface area contributed by atoms with Gasteiger partial charge in [-0.2, -0.15) is 10.1 Å². The number of ether oxygens (including phenoxy) is 1. The Bertz CT molecular complexity index is 1020. The molecular formula is C22H17N3O3. The van der Waals surface area contributed by atoms with E-state index in [1.807, 2.05) is 36.4 Å². The van der Waals surface area contributed by atoms with Gasteiger partial charge in [-0.05, 0) is 48.5 Å². The molecule has 138 valence electrons. The topological polar surface area (TPSA) is 71.0 Å². The summed E-state index contributed by atoms with van der Waals surface area (Å²) in [5.74, 6) is 1.21. The van der Waals surface area contributed by atoms with Crippen LogP contribution in [0.2, 0.25) is 0 Å². The number of benzene rings is 3. The summed E-state index contributed by atoms with van der Waals surface area (Å²) in [7, 11) is 0. The lowest BCUT2D eigenvalue weighted by Gasteiger charge is -2.12. The number of anilines is 1. The normalized spacial score (nSPS) is 13.2.